The molecule has 0 spiro atoms. The Balaban J connectivity index is 1.65. The molecule has 1 fully saturated rings. The van der Waals surface area contributed by atoms with Gasteiger partial charge in [-0.25, -0.2) is 13.1 Å². The quantitative estimate of drug-likeness (QED) is 0.702. The molecule has 7 nitrogen and oxygen atoms in total. The lowest BCUT2D eigenvalue weighted by Crippen LogP contribution is -2.49. The molecular formula is C21H25N3O4S. The average molecular weight is 416 g/mol. The van der Waals surface area contributed by atoms with E-state index in [0.717, 1.165) is 33.4 Å². The van der Waals surface area contributed by atoms with Crippen LogP contribution in [0.5, 0.6) is 0 Å². The number of sulfonamides is 1. The Kier molecular flexibility index (Phi) is 5.20. The largest absolute Gasteiger partial charge is 0.391 e. The van der Waals surface area contributed by atoms with E-state index in [1.165, 1.54) is 0 Å². The number of fused-ring (bicyclic) bond motifs is 1. The van der Waals surface area contributed by atoms with Crippen molar-refractivity contribution in [3.63, 3.8) is 0 Å². The van der Waals surface area contributed by atoms with Gasteiger partial charge in [0.2, 0.25) is 10.0 Å². The van der Waals surface area contributed by atoms with Crippen molar-refractivity contribution in [1.82, 2.24) is 4.72 Å². The van der Waals surface area contributed by atoms with Crippen LogP contribution in [0.1, 0.15) is 28.7 Å². The van der Waals surface area contributed by atoms with Crippen molar-refractivity contribution >= 4 is 15.9 Å². The van der Waals surface area contributed by atoms with Crippen LogP contribution >= 0.6 is 0 Å². The lowest BCUT2D eigenvalue weighted by atomic mass is 9.91. The highest BCUT2D eigenvalue weighted by atomic mass is 32.2. The Morgan fingerprint density at radius 2 is 1.97 bits per heavy atom. The minimum atomic E-state index is -3.77. The highest BCUT2D eigenvalue weighted by Gasteiger charge is 2.29. The molecule has 0 bridgehead atoms. The van der Waals surface area contributed by atoms with E-state index in [0.29, 0.717) is 25.4 Å². The summed E-state index contributed by atoms with van der Waals surface area (Å²) in [6.07, 6.45) is -0.338. The minimum absolute atomic E-state index is 0.161. The second kappa shape index (κ2) is 7.53. The number of hydrogen-bond donors (Lipinski definition) is 3. The van der Waals surface area contributed by atoms with Crippen LogP contribution in [0, 0.1) is 13.8 Å². The number of nitrogens with two attached hydrogens (primary N) is 1. The van der Waals surface area contributed by atoms with Gasteiger partial charge in [-0.1, -0.05) is 18.2 Å². The lowest BCUT2D eigenvalue weighted by Gasteiger charge is -2.28. The number of benzene rings is 2. The van der Waals surface area contributed by atoms with Crippen molar-refractivity contribution in [2.75, 3.05) is 13.2 Å². The molecule has 0 aliphatic carbocycles. The summed E-state index contributed by atoms with van der Waals surface area (Å²) in [6.45, 7) is 5.09. The Bertz CT molecular complexity index is 1100. The fourth-order valence-electron chi connectivity index (χ4n) is 4.01. The molecule has 4 rings (SSSR count). The molecule has 8 heteroatoms. The molecule has 2 atom stereocenters. The second-order valence-corrected chi connectivity index (χ2v) is 9.32. The first-order chi connectivity index (χ1) is 13.8. The SMILES string of the molecule is Cc1cc(S(=O)(=O)N[C@@H]2COCC[C@H]2O)ccc1-c1ccc2c(c1C)C(N)=NC2. The molecule has 1 saturated heterocycles. The van der Waals surface area contributed by atoms with Crippen molar-refractivity contribution in [1.29, 1.82) is 0 Å². The van der Waals surface area contributed by atoms with E-state index in [-0.39, 0.29) is 11.5 Å². The zero-order chi connectivity index (χ0) is 20.8. The third kappa shape index (κ3) is 3.69. The number of aliphatic imine (C=N–C) groups is 1. The van der Waals surface area contributed by atoms with Gasteiger partial charge < -0.3 is 15.6 Å². The van der Waals surface area contributed by atoms with Crippen LogP contribution in [0.15, 0.2) is 40.2 Å². The van der Waals surface area contributed by atoms with Gasteiger partial charge in [0.25, 0.3) is 0 Å². The van der Waals surface area contributed by atoms with E-state index in [1.54, 1.807) is 12.1 Å². The van der Waals surface area contributed by atoms with E-state index >= 15 is 0 Å². The van der Waals surface area contributed by atoms with Gasteiger partial charge in [-0.05, 0) is 60.2 Å². The van der Waals surface area contributed by atoms with E-state index in [1.807, 2.05) is 32.0 Å². The first kappa shape index (κ1) is 20.0. The number of aryl methyl sites for hydroxylation is 1. The third-order valence-electron chi connectivity index (χ3n) is 5.65. The van der Waals surface area contributed by atoms with Gasteiger partial charge in [-0.15, -0.1) is 0 Å². The molecule has 2 aliphatic rings. The second-order valence-electron chi connectivity index (χ2n) is 7.61. The Labute approximate surface area is 170 Å². The number of hydrogen-bond acceptors (Lipinski definition) is 6. The summed E-state index contributed by atoms with van der Waals surface area (Å²) in [4.78, 5) is 4.47. The Hall–Kier alpha value is -2.26. The Morgan fingerprint density at radius 3 is 2.69 bits per heavy atom. The third-order valence-corrected chi connectivity index (χ3v) is 7.14. The molecule has 0 saturated carbocycles. The van der Waals surface area contributed by atoms with Crippen LogP contribution in [0.4, 0.5) is 0 Å². The fraction of sp³-hybridized carbons (Fsp3) is 0.381. The van der Waals surface area contributed by atoms with Gasteiger partial charge >= 0.3 is 0 Å². The first-order valence-corrected chi connectivity index (χ1v) is 11.1. The molecule has 154 valence electrons. The number of ether oxygens (including phenoxy) is 1. The zero-order valence-electron chi connectivity index (χ0n) is 16.5. The maximum atomic E-state index is 12.8. The highest BCUT2D eigenvalue weighted by Crippen LogP contribution is 2.33. The van der Waals surface area contributed by atoms with Crippen LogP contribution in [-0.2, 0) is 21.3 Å². The average Bonchev–Trinajstić information content (AvgIpc) is 3.06. The molecule has 0 aromatic heterocycles. The predicted octanol–water partition coefficient (Wildman–Crippen LogP) is 1.62. The monoisotopic (exact) mass is 415 g/mol. The molecule has 0 radical (unpaired) electrons. The number of rotatable bonds is 4. The molecule has 29 heavy (non-hydrogen) atoms. The van der Waals surface area contributed by atoms with Crippen LogP contribution < -0.4 is 10.5 Å². The summed E-state index contributed by atoms with van der Waals surface area (Å²) in [5, 5.41) is 10.0. The van der Waals surface area contributed by atoms with E-state index < -0.39 is 22.2 Å². The maximum absolute atomic E-state index is 12.8. The van der Waals surface area contributed by atoms with Crippen LogP contribution in [0.3, 0.4) is 0 Å². The molecule has 2 aromatic rings. The topological polar surface area (TPSA) is 114 Å². The number of nitrogens with zero attached hydrogens (tertiary/aromatic N) is 1. The normalized spacial score (nSPS) is 21.7. The minimum Gasteiger partial charge on any atom is -0.391 e. The summed E-state index contributed by atoms with van der Waals surface area (Å²) in [5.41, 5.74) is 12.0. The van der Waals surface area contributed by atoms with Crippen molar-refractivity contribution in [2.24, 2.45) is 10.7 Å². The highest BCUT2D eigenvalue weighted by molar-refractivity contribution is 7.89. The summed E-state index contributed by atoms with van der Waals surface area (Å²) in [6, 6.07) is 8.47. The van der Waals surface area contributed by atoms with Gasteiger partial charge in [0.1, 0.15) is 5.84 Å². The van der Waals surface area contributed by atoms with Gasteiger partial charge in [-0.3, -0.25) is 4.99 Å². The summed E-state index contributed by atoms with van der Waals surface area (Å²) >= 11 is 0. The van der Waals surface area contributed by atoms with Crippen LogP contribution in [0.25, 0.3) is 11.1 Å². The standard InChI is InChI=1S/C21H25N3O4S/c1-12-9-15(29(26,27)24-18-11-28-8-7-19(18)25)4-6-16(12)17-5-3-14-10-23-21(22)20(14)13(17)2/h3-6,9,18-19,24-25H,7-8,10-11H2,1-2H3,(H2,22,23)/t18-,19-/m1/s1. The van der Waals surface area contributed by atoms with E-state index in [9.17, 15) is 13.5 Å². The van der Waals surface area contributed by atoms with E-state index in [4.69, 9.17) is 10.5 Å². The summed E-state index contributed by atoms with van der Waals surface area (Å²) < 4.78 is 33.4. The summed E-state index contributed by atoms with van der Waals surface area (Å²) in [7, 11) is -3.77. The lowest BCUT2D eigenvalue weighted by molar-refractivity contribution is -0.00841. The number of aliphatic hydroxyl groups excluding tert-OH is 1. The molecule has 0 unspecified atom stereocenters. The smallest absolute Gasteiger partial charge is 0.240 e. The van der Waals surface area contributed by atoms with Gasteiger partial charge in [0.05, 0.1) is 30.2 Å². The molecule has 2 aromatic carbocycles. The van der Waals surface area contributed by atoms with Gasteiger partial charge in [-0.2, -0.15) is 0 Å². The van der Waals surface area contributed by atoms with E-state index in [2.05, 4.69) is 9.71 Å². The first-order valence-electron chi connectivity index (χ1n) is 9.60. The number of aliphatic hydroxyl groups is 1. The zero-order valence-corrected chi connectivity index (χ0v) is 17.3. The van der Waals surface area contributed by atoms with Crippen LogP contribution in [-0.4, -0.2) is 44.7 Å². The van der Waals surface area contributed by atoms with Gasteiger partial charge in [0, 0.05) is 12.2 Å². The Morgan fingerprint density at radius 1 is 1.21 bits per heavy atom. The molecule has 4 N–H and O–H groups in total. The number of nitrogens with one attached hydrogen (secondary N) is 1. The maximum Gasteiger partial charge on any atom is 0.240 e. The molecular weight excluding hydrogens is 390 g/mol. The number of amidine groups is 1. The molecule has 0 amide bonds. The van der Waals surface area contributed by atoms with Gasteiger partial charge in [0.15, 0.2) is 0 Å². The summed E-state index contributed by atoms with van der Waals surface area (Å²) in [5.74, 6) is 0.550. The molecule has 2 aliphatic heterocycles. The predicted molar refractivity (Wildman–Crippen MR) is 111 cm³/mol. The van der Waals surface area contributed by atoms with Crippen molar-refractivity contribution in [3.05, 3.63) is 52.6 Å². The van der Waals surface area contributed by atoms with Crippen molar-refractivity contribution < 1.29 is 18.3 Å². The molecule has 2 heterocycles. The van der Waals surface area contributed by atoms with Crippen molar-refractivity contribution in [2.45, 2.75) is 43.9 Å². The van der Waals surface area contributed by atoms with Crippen LogP contribution in [0.2, 0.25) is 0 Å². The fourth-order valence-corrected chi connectivity index (χ4v) is 5.35. The van der Waals surface area contributed by atoms with Crippen molar-refractivity contribution in [3.8, 4) is 11.1 Å².